The third-order valence-corrected chi connectivity index (χ3v) is 5.90. The van der Waals surface area contributed by atoms with Gasteiger partial charge in [-0.15, -0.1) is 0 Å². The van der Waals surface area contributed by atoms with Crippen molar-refractivity contribution in [3.8, 4) is 0 Å². The molecule has 0 spiro atoms. The van der Waals surface area contributed by atoms with Crippen LogP contribution < -0.4 is 5.73 Å². The van der Waals surface area contributed by atoms with Crippen LogP contribution in [0.3, 0.4) is 0 Å². The number of hydrogen-bond acceptors (Lipinski definition) is 4. The molecule has 1 fully saturated rings. The van der Waals surface area contributed by atoms with Crippen LogP contribution in [0.25, 0.3) is 0 Å². The number of piperazine rings is 1. The smallest absolute Gasteiger partial charge is 0.230 e. The summed E-state index contributed by atoms with van der Waals surface area (Å²) in [5.74, 6) is 0.239. The molecule has 2 N–H and O–H groups in total. The minimum atomic E-state index is -0.376. The van der Waals surface area contributed by atoms with Crippen molar-refractivity contribution in [2.75, 3.05) is 32.7 Å². The van der Waals surface area contributed by atoms with Crippen molar-refractivity contribution in [3.05, 3.63) is 17.0 Å². The summed E-state index contributed by atoms with van der Waals surface area (Å²) in [6.07, 6.45) is 1.63. The van der Waals surface area contributed by atoms with Gasteiger partial charge in [-0.1, -0.05) is 13.8 Å². The number of nitrogens with two attached hydrogens (primary N) is 1. The molecule has 1 aromatic rings. The van der Waals surface area contributed by atoms with Crippen molar-refractivity contribution < 1.29 is 4.79 Å². The molecule has 24 heavy (non-hydrogen) atoms. The third kappa shape index (κ3) is 3.49. The number of aromatic nitrogens is 2. The average Bonchev–Trinajstić information content (AvgIpc) is 2.84. The number of carbonyl (C=O) groups excluding carboxylic acids is 1. The van der Waals surface area contributed by atoms with Crippen LogP contribution in [-0.4, -0.2) is 58.2 Å². The van der Waals surface area contributed by atoms with E-state index in [9.17, 15) is 4.79 Å². The van der Waals surface area contributed by atoms with Gasteiger partial charge in [-0.2, -0.15) is 5.10 Å². The van der Waals surface area contributed by atoms with Crippen LogP contribution in [0.4, 0.5) is 0 Å². The Bertz CT molecular complexity index is 560. The van der Waals surface area contributed by atoms with E-state index in [2.05, 4.69) is 37.7 Å². The number of rotatable bonds is 6. The zero-order valence-corrected chi connectivity index (χ0v) is 15.9. The number of amides is 1. The van der Waals surface area contributed by atoms with Gasteiger partial charge in [-0.25, -0.2) is 0 Å². The number of carbonyl (C=O) groups is 1. The highest BCUT2D eigenvalue weighted by atomic mass is 16.2. The fraction of sp³-hybridized carbons (Fsp3) is 0.778. The summed E-state index contributed by atoms with van der Waals surface area (Å²) in [5, 5.41) is 4.50. The molecule has 2 heterocycles. The Kier molecular flexibility index (Phi) is 6.04. The van der Waals surface area contributed by atoms with Gasteiger partial charge in [0, 0.05) is 57.6 Å². The molecular weight excluding hydrogens is 302 g/mol. The molecule has 1 saturated heterocycles. The van der Waals surface area contributed by atoms with Gasteiger partial charge in [-0.05, 0) is 26.7 Å². The summed E-state index contributed by atoms with van der Waals surface area (Å²) < 4.78 is 1.95. The molecule has 2 rings (SSSR count). The Balaban J connectivity index is 1.97. The SMILES string of the molecule is CCC(CC)(CN)C(=O)N1CCN(Cc2c(C)nn(C)c2C)CC1. The highest BCUT2D eigenvalue weighted by Gasteiger charge is 2.37. The fourth-order valence-electron chi connectivity index (χ4n) is 3.64. The Morgan fingerprint density at radius 3 is 2.17 bits per heavy atom. The molecule has 0 atom stereocenters. The molecule has 0 saturated carbocycles. The molecule has 136 valence electrons. The number of hydrogen-bond donors (Lipinski definition) is 1. The molecule has 0 aromatic carbocycles. The van der Waals surface area contributed by atoms with Crippen LogP contribution in [0, 0.1) is 19.3 Å². The Hall–Kier alpha value is -1.40. The topological polar surface area (TPSA) is 67.4 Å². The van der Waals surface area contributed by atoms with E-state index in [1.807, 2.05) is 16.6 Å². The van der Waals surface area contributed by atoms with Crippen molar-refractivity contribution in [2.45, 2.75) is 47.1 Å². The van der Waals surface area contributed by atoms with Crippen LogP contribution >= 0.6 is 0 Å². The molecule has 0 aliphatic carbocycles. The quantitative estimate of drug-likeness (QED) is 0.854. The standard InChI is InChI=1S/C18H33N5O/c1-6-18(7-2,13-19)17(24)23-10-8-22(9-11-23)12-16-14(3)20-21(5)15(16)4/h6-13,19H2,1-5H3. The Morgan fingerprint density at radius 1 is 1.17 bits per heavy atom. The summed E-state index contributed by atoms with van der Waals surface area (Å²) in [6, 6.07) is 0. The molecule has 6 nitrogen and oxygen atoms in total. The van der Waals surface area contributed by atoms with Gasteiger partial charge in [0.1, 0.15) is 0 Å². The molecule has 1 amide bonds. The largest absolute Gasteiger partial charge is 0.340 e. The van der Waals surface area contributed by atoms with Crippen molar-refractivity contribution >= 4 is 5.91 Å². The first-order chi connectivity index (χ1) is 11.4. The summed E-state index contributed by atoms with van der Waals surface area (Å²) in [6.45, 7) is 13.1. The predicted molar refractivity (Wildman–Crippen MR) is 96.6 cm³/mol. The summed E-state index contributed by atoms with van der Waals surface area (Å²) in [7, 11) is 1.99. The lowest BCUT2D eigenvalue weighted by molar-refractivity contribution is -0.144. The van der Waals surface area contributed by atoms with Gasteiger partial charge in [-0.3, -0.25) is 14.4 Å². The molecule has 0 bridgehead atoms. The van der Waals surface area contributed by atoms with Crippen molar-refractivity contribution in [1.82, 2.24) is 19.6 Å². The summed E-state index contributed by atoms with van der Waals surface area (Å²) in [4.78, 5) is 17.3. The van der Waals surface area contributed by atoms with Crippen LogP contribution in [0.15, 0.2) is 0 Å². The maximum atomic E-state index is 12.9. The fourth-order valence-corrected chi connectivity index (χ4v) is 3.64. The van der Waals surface area contributed by atoms with E-state index in [1.54, 1.807) is 0 Å². The lowest BCUT2D eigenvalue weighted by Crippen LogP contribution is -2.54. The molecule has 6 heteroatoms. The molecule has 0 unspecified atom stereocenters. The molecule has 1 aromatic heterocycles. The maximum Gasteiger partial charge on any atom is 0.230 e. The Morgan fingerprint density at radius 2 is 1.75 bits per heavy atom. The number of nitrogens with zero attached hydrogens (tertiary/aromatic N) is 4. The van der Waals surface area contributed by atoms with E-state index in [1.165, 1.54) is 11.3 Å². The second kappa shape index (κ2) is 7.66. The van der Waals surface area contributed by atoms with Gasteiger partial charge < -0.3 is 10.6 Å². The highest BCUT2D eigenvalue weighted by molar-refractivity contribution is 5.83. The van der Waals surface area contributed by atoms with E-state index in [-0.39, 0.29) is 11.3 Å². The lowest BCUT2D eigenvalue weighted by atomic mass is 9.81. The minimum absolute atomic E-state index is 0.239. The average molecular weight is 335 g/mol. The first-order valence-corrected chi connectivity index (χ1v) is 9.09. The normalized spacial score (nSPS) is 16.7. The number of aryl methyl sites for hydroxylation is 2. The molecule has 1 aliphatic heterocycles. The molecule has 1 aliphatic rings. The van der Waals surface area contributed by atoms with Crippen molar-refractivity contribution in [1.29, 1.82) is 0 Å². The van der Waals surface area contributed by atoms with Crippen molar-refractivity contribution in [2.24, 2.45) is 18.2 Å². The van der Waals surface area contributed by atoms with E-state index < -0.39 is 0 Å². The molecule has 0 radical (unpaired) electrons. The van der Waals surface area contributed by atoms with Gasteiger partial charge >= 0.3 is 0 Å². The summed E-state index contributed by atoms with van der Waals surface area (Å²) in [5.41, 5.74) is 9.20. The second-order valence-electron chi connectivity index (χ2n) is 7.03. The van der Waals surface area contributed by atoms with Crippen LogP contribution in [0.5, 0.6) is 0 Å². The molecular formula is C18H33N5O. The maximum absolute atomic E-state index is 12.9. The monoisotopic (exact) mass is 335 g/mol. The third-order valence-electron chi connectivity index (χ3n) is 5.90. The van der Waals surface area contributed by atoms with Crippen molar-refractivity contribution in [3.63, 3.8) is 0 Å². The van der Waals surface area contributed by atoms with Gasteiger partial charge in [0.15, 0.2) is 0 Å². The van der Waals surface area contributed by atoms with Gasteiger partial charge in [0.2, 0.25) is 5.91 Å². The van der Waals surface area contributed by atoms with Gasteiger partial charge in [0.05, 0.1) is 11.1 Å². The zero-order chi connectivity index (χ0) is 17.9. The highest BCUT2D eigenvalue weighted by Crippen LogP contribution is 2.28. The van der Waals surface area contributed by atoms with E-state index >= 15 is 0 Å². The van der Waals surface area contributed by atoms with E-state index in [4.69, 9.17) is 5.73 Å². The summed E-state index contributed by atoms with van der Waals surface area (Å²) >= 11 is 0. The predicted octanol–water partition coefficient (Wildman–Crippen LogP) is 1.45. The lowest BCUT2D eigenvalue weighted by Gasteiger charge is -2.40. The van der Waals surface area contributed by atoms with E-state index in [0.717, 1.165) is 51.3 Å². The first kappa shape index (κ1) is 18.9. The first-order valence-electron chi connectivity index (χ1n) is 9.09. The van der Waals surface area contributed by atoms with Crippen LogP contribution in [0.2, 0.25) is 0 Å². The Labute approximate surface area is 146 Å². The van der Waals surface area contributed by atoms with Crippen LogP contribution in [-0.2, 0) is 18.4 Å². The minimum Gasteiger partial charge on any atom is -0.340 e. The van der Waals surface area contributed by atoms with Gasteiger partial charge in [0.25, 0.3) is 0 Å². The van der Waals surface area contributed by atoms with E-state index in [0.29, 0.717) is 6.54 Å². The van der Waals surface area contributed by atoms with Crippen LogP contribution in [0.1, 0.15) is 43.6 Å². The zero-order valence-electron chi connectivity index (χ0n) is 15.9. The second-order valence-corrected chi connectivity index (χ2v) is 7.03.